The summed E-state index contributed by atoms with van der Waals surface area (Å²) in [6.07, 6.45) is 2.15. The van der Waals surface area contributed by atoms with Gasteiger partial charge in [0.25, 0.3) is 0 Å². The molecule has 0 amide bonds. The third-order valence-corrected chi connectivity index (χ3v) is 3.54. The Bertz CT molecular complexity index is 438. The first-order chi connectivity index (χ1) is 9.95. The quantitative estimate of drug-likeness (QED) is 0.542. The lowest BCUT2D eigenvalue weighted by Gasteiger charge is -2.20. The van der Waals surface area contributed by atoms with Crippen LogP contribution in [0.5, 0.6) is 5.75 Å². The highest BCUT2D eigenvalue weighted by atomic mass is 19.1. The minimum Gasteiger partial charge on any atom is -0.491 e. The summed E-state index contributed by atoms with van der Waals surface area (Å²) in [5.41, 5.74) is 6.97. The molecule has 0 heterocycles. The highest BCUT2D eigenvalue weighted by molar-refractivity contribution is 5.68. The monoisotopic (exact) mass is 297 g/mol. The summed E-state index contributed by atoms with van der Waals surface area (Å²) in [5, 5.41) is 3.25. The molecule has 1 aromatic rings. The number of nitrogens with one attached hydrogen (secondary N) is 1. The molecule has 0 aromatic heterocycles. The molecule has 0 aliphatic carbocycles. The summed E-state index contributed by atoms with van der Waals surface area (Å²) < 4.78 is 18.8. The van der Waals surface area contributed by atoms with Crippen LogP contribution in [0.25, 0.3) is 0 Å². The SMILES string of the molecule is CCOc1cc(NCCCCN(C)C(C)C)c(N)cc1F. The van der Waals surface area contributed by atoms with Crippen molar-refractivity contribution in [1.29, 1.82) is 0 Å². The van der Waals surface area contributed by atoms with Crippen LogP contribution in [0.15, 0.2) is 12.1 Å². The number of nitrogens with zero attached hydrogens (tertiary/aromatic N) is 1. The summed E-state index contributed by atoms with van der Waals surface area (Å²) in [4.78, 5) is 2.32. The molecule has 0 radical (unpaired) electrons. The zero-order valence-electron chi connectivity index (χ0n) is 13.6. The zero-order valence-corrected chi connectivity index (χ0v) is 13.6. The summed E-state index contributed by atoms with van der Waals surface area (Å²) in [6, 6.07) is 3.51. The van der Waals surface area contributed by atoms with Gasteiger partial charge in [0, 0.05) is 24.7 Å². The van der Waals surface area contributed by atoms with Crippen molar-refractivity contribution in [3.8, 4) is 5.75 Å². The van der Waals surface area contributed by atoms with E-state index in [0.717, 1.165) is 31.6 Å². The van der Waals surface area contributed by atoms with Crippen LogP contribution in [0.3, 0.4) is 0 Å². The van der Waals surface area contributed by atoms with Gasteiger partial charge in [-0.05, 0) is 47.2 Å². The van der Waals surface area contributed by atoms with Gasteiger partial charge in [0.2, 0.25) is 0 Å². The van der Waals surface area contributed by atoms with Crippen molar-refractivity contribution >= 4 is 11.4 Å². The Balaban J connectivity index is 2.43. The largest absolute Gasteiger partial charge is 0.491 e. The maximum atomic E-state index is 13.6. The minimum absolute atomic E-state index is 0.244. The molecule has 3 N–H and O–H groups in total. The molecular weight excluding hydrogens is 269 g/mol. The van der Waals surface area contributed by atoms with E-state index in [2.05, 4.69) is 31.1 Å². The van der Waals surface area contributed by atoms with Crippen molar-refractivity contribution in [2.45, 2.75) is 39.7 Å². The first-order valence-electron chi connectivity index (χ1n) is 7.61. The molecular formula is C16H28FN3O. The van der Waals surface area contributed by atoms with Gasteiger partial charge in [-0.2, -0.15) is 0 Å². The lowest BCUT2D eigenvalue weighted by Crippen LogP contribution is -2.27. The van der Waals surface area contributed by atoms with Crippen molar-refractivity contribution in [1.82, 2.24) is 4.90 Å². The van der Waals surface area contributed by atoms with Crippen molar-refractivity contribution < 1.29 is 9.13 Å². The first-order valence-corrected chi connectivity index (χ1v) is 7.61. The average Bonchev–Trinajstić information content (AvgIpc) is 2.42. The van der Waals surface area contributed by atoms with E-state index in [1.165, 1.54) is 6.07 Å². The smallest absolute Gasteiger partial charge is 0.167 e. The Morgan fingerprint density at radius 3 is 2.67 bits per heavy atom. The van der Waals surface area contributed by atoms with Gasteiger partial charge in [-0.3, -0.25) is 0 Å². The highest BCUT2D eigenvalue weighted by Crippen LogP contribution is 2.28. The van der Waals surface area contributed by atoms with Crippen LogP contribution in [0, 0.1) is 5.82 Å². The van der Waals surface area contributed by atoms with Gasteiger partial charge in [-0.1, -0.05) is 0 Å². The second-order valence-corrected chi connectivity index (χ2v) is 5.51. The fourth-order valence-electron chi connectivity index (χ4n) is 1.96. The van der Waals surface area contributed by atoms with E-state index < -0.39 is 5.82 Å². The number of nitrogens with two attached hydrogens (primary N) is 1. The second-order valence-electron chi connectivity index (χ2n) is 5.51. The topological polar surface area (TPSA) is 50.5 Å². The molecule has 0 aliphatic heterocycles. The predicted molar refractivity (Wildman–Crippen MR) is 87.5 cm³/mol. The lowest BCUT2D eigenvalue weighted by atomic mass is 10.2. The van der Waals surface area contributed by atoms with E-state index >= 15 is 0 Å². The van der Waals surface area contributed by atoms with Crippen LogP contribution in [-0.2, 0) is 0 Å². The van der Waals surface area contributed by atoms with Crippen molar-refractivity contribution in [3.05, 3.63) is 17.9 Å². The molecule has 21 heavy (non-hydrogen) atoms. The Kier molecular flexibility index (Phi) is 7.29. The van der Waals surface area contributed by atoms with Crippen LogP contribution in [-0.4, -0.2) is 37.7 Å². The number of hydrogen-bond acceptors (Lipinski definition) is 4. The van der Waals surface area contributed by atoms with Gasteiger partial charge in [0.05, 0.1) is 18.0 Å². The van der Waals surface area contributed by atoms with Gasteiger partial charge >= 0.3 is 0 Å². The summed E-state index contributed by atoms with van der Waals surface area (Å²) in [6.45, 7) is 8.52. The molecule has 0 aliphatic rings. The van der Waals surface area contributed by atoms with E-state index in [0.29, 0.717) is 18.3 Å². The minimum atomic E-state index is -0.418. The number of nitrogen functional groups attached to an aromatic ring is 1. The third-order valence-electron chi connectivity index (χ3n) is 3.54. The average molecular weight is 297 g/mol. The van der Waals surface area contributed by atoms with Gasteiger partial charge in [-0.15, -0.1) is 0 Å². The van der Waals surface area contributed by atoms with E-state index in [1.807, 2.05) is 6.92 Å². The predicted octanol–water partition coefficient (Wildman–Crippen LogP) is 3.34. The molecule has 0 spiro atoms. The van der Waals surface area contributed by atoms with Crippen LogP contribution in [0.2, 0.25) is 0 Å². The Hall–Kier alpha value is -1.49. The molecule has 120 valence electrons. The molecule has 0 atom stereocenters. The maximum absolute atomic E-state index is 13.6. The molecule has 0 saturated heterocycles. The lowest BCUT2D eigenvalue weighted by molar-refractivity contribution is 0.269. The van der Waals surface area contributed by atoms with Gasteiger partial charge in [0.15, 0.2) is 11.6 Å². The third kappa shape index (κ3) is 5.79. The van der Waals surface area contributed by atoms with E-state index in [1.54, 1.807) is 6.07 Å². The molecule has 0 saturated carbocycles. The fraction of sp³-hybridized carbons (Fsp3) is 0.625. The van der Waals surface area contributed by atoms with Crippen LogP contribution < -0.4 is 15.8 Å². The number of ether oxygens (including phenoxy) is 1. The summed E-state index contributed by atoms with van der Waals surface area (Å²) in [7, 11) is 2.13. The van der Waals surface area contributed by atoms with Crippen LogP contribution in [0.4, 0.5) is 15.8 Å². The standard InChI is InChI=1S/C16H28FN3O/c1-5-21-16-11-15(14(18)10-13(16)17)19-8-6-7-9-20(4)12(2)3/h10-12,19H,5-9,18H2,1-4H3. The Morgan fingerprint density at radius 2 is 2.05 bits per heavy atom. The normalized spacial score (nSPS) is 11.2. The number of halogens is 1. The number of rotatable bonds is 9. The number of hydrogen-bond donors (Lipinski definition) is 2. The zero-order chi connectivity index (χ0) is 15.8. The number of benzene rings is 1. The molecule has 0 fully saturated rings. The maximum Gasteiger partial charge on any atom is 0.167 e. The molecule has 4 nitrogen and oxygen atoms in total. The van der Waals surface area contributed by atoms with Crippen molar-refractivity contribution in [2.24, 2.45) is 0 Å². The first kappa shape index (κ1) is 17.6. The highest BCUT2D eigenvalue weighted by Gasteiger charge is 2.08. The van der Waals surface area contributed by atoms with E-state index in [9.17, 15) is 4.39 Å². The molecule has 1 aromatic carbocycles. The van der Waals surface area contributed by atoms with Crippen molar-refractivity contribution in [2.75, 3.05) is 37.8 Å². The number of anilines is 2. The molecule has 1 rings (SSSR count). The second kappa shape index (κ2) is 8.72. The van der Waals surface area contributed by atoms with Gasteiger partial charge < -0.3 is 20.7 Å². The van der Waals surface area contributed by atoms with Crippen molar-refractivity contribution in [3.63, 3.8) is 0 Å². The summed E-state index contributed by atoms with van der Waals surface area (Å²) >= 11 is 0. The van der Waals surface area contributed by atoms with Gasteiger partial charge in [-0.25, -0.2) is 4.39 Å². The molecule has 0 unspecified atom stereocenters. The van der Waals surface area contributed by atoms with Gasteiger partial charge in [0.1, 0.15) is 0 Å². The molecule has 5 heteroatoms. The number of unbranched alkanes of at least 4 members (excludes halogenated alkanes) is 1. The van der Waals surface area contributed by atoms with Crippen LogP contribution in [0.1, 0.15) is 33.6 Å². The summed E-state index contributed by atoms with van der Waals surface area (Å²) in [5.74, 6) is -0.174. The Morgan fingerprint density at radius 1 is 1.33 bits per heavy atom. The Labute approximate surface area is 127 Å². The van der Waals surface area contributed by atoms with E-state index in [-0.39, 0.29) is 5.75 Å². The fourth-order valence-corrected chi connectivity index (χ4v) is 1.96. The van der Waals surface area contributed by atoms with E-state index in [4.69, 9.17) is 10.5 Å². The van der Waals surface area contributed by atoms with Crippen LogP contribution >= 0.6 is 0 Å². The molecule has 0 bridgehead atoms.